The maximum Gasteiger partial charge on any atom is 0.113 e. The molecular formula is C10H16ClN3S. The molecule has 0 saturated carbocycles. The van der Waals surface area contributed by atoms with Gasteiger partial charge in [-0.1, -0.05) is 11.6 Å². The zero-order valence-corrected chi connectivity index (χ0v) is 10.6. The first-order chi connectivity index (χ1) is 7.22. The second kappa shape index (κ2) is 4.78. The lowest BCUT2D eigenvalue weighted by Gasteiger charge is -2.22. The molecule has 2 rings (SSSR count). The minimum atomic E-state index is 0.440. The van der Waals surface area contributed by atoms with Gasteiger partial charge in [0.05, 0.1) is 12.2 Å². The molecule has 1 aromatic rings. The summed E-state index contributed by atoms with van der Waals surface area (Å²) in [4.78, 5) is 6.77. The summed E-state index contributed by atoms with van der Waals surface area (Å²) in [5.41, 5.74) is 0. The van der Waals surface area contributed by atoms with E-state index in [1.807, 2.05) is 7.05 Å². The number of nitrogens with one attached hydrogen (secondary N) is 1. The smallest absolute Gasteiger partial charge is 0.113 e. The van der Waals surface area contributed by atoms with Crippen molar-refractivity contribution in [3.63, 3.8) is 0 Å². The van der Waals surface area contributed by atoms with Gasteiger partial charge in [0, 0.05) is 0 Å². The third-order valence-corrected chi connectivity index (χ3v) is 4.17. The fraction of sp³-hybridized carbons (Fsp3) is 0.700. The summed E-state index contributed by atoms with van der Waals surface area (Å²) in [5, 5.41) is 4.41. The minimum absolute atomic E-state index is 0.440. The SMILES string of the molecule is CNCC1CCN(C)C1c1ncc(Cl)s1. The number of halogens is 1. The summed E-state index contributed by atoms with van der Waals surface area (Å²) in [5.74, 6) is 0.655. The Bertz CT molecular complexity index is 326. The Labute approximate surface area is 99.5 Å². The molecule has 0 radical (unpaired) electrons. The van der Waals surface area contributed by atoms with Crippen LogP contribution in [0.5, 0.6) is 0 Å². The van der Waals surface area contributed by atoms with Crippen molar-refractivity contribution in [1.29, 1.82) is 0 Å². The highest BCUT2D eigenvalue weighted by Gasteiger charge is 2.34. The average molecular weight is 246 g/mol. The fourth-order valence-electron chi connectivity index (χ4n) is 2.30. The second-order valence-electron chi connectivity index (χ2n) is 4.03. The molecule has 3 nitrogen and oxygen atoms in total. The van der Waals surface area contributed by atoms with Gasteiger partial charge in [0.2, 0.25) is 0 Å². The van der Waals surface area contributed by atoms with E-state index in [9.17, 15) is 0 Å². The molecule has 1 aliphatic heterocycles. The molecule has 15 heavy (non-hydrogen) atoms. The van der Waals surface area contributed by atoms with Crippen LogP contribution < -0.4 is 5.32 Å². The van der Waals surface area contributed by atoms with Gasteiger partial charge in [0.25, 0.3) is 0 Å². The van der Waals surface area contributed by atoms with E-state index in [-0.39, 0.29) is 0 Å². The van der Waals surface area contributed by atoms with Crippen LogP contribution in [-0.2, 0) is 0 Å². The topological polar surface area (TPSA) is 28.2 Å². The monoisotopic (exact) mass is 245 g/mol. The lowest BCUT2D eigenvalue weighted by atomic mass is 10.0. The van der Waals surface area contributed by atoms with Gasteiger partial charge in [-0.15, -0.1) is 11.3 Å². The molecule has 0 aromatic carbocycles. The van der Waals surface area contributed by atoms with Crippen molar-refractivity contribution in [2.45, 2.75) is 12.5 Å². The Morgan fingerprint density at radius 3 is 3.13 bits per heavy atom. The van der Waals surface area contributed by atoms with E-state index in [4.69, 9.17) is 11.6 Å². The maximum absolute atomic E-state index is 5.93. The molecule has 1 saturated heterocycles. The molecule has 0 aliphatic carbocycles. The molecule has 2 atom stereocenters. The second-order valence-corrected chi connectivity index (χ2v) is 5.73. The van der Waals surface area contributed by atoms with Crippen LogP contribution in [0.1, 0.15) is 17.5 Å². The van der Waals surface area contributed by atoms with E-state index in [2.05, 4.69) is 22.2 Å². The Morgan fingerprint density at radius 1 is 1.73 bits per heavy atom. The predicted molar refractivity (Wildman–Crippen MR) is 64.5 cm³/mol. The van der Waals surface area contributed by atoms with Gasteiger partial charge in [0.1, 0.15) is 9.34 Å². The zero-order chi connectivity index (χ0) is 10.8. The lowest BCUT2D eigenvalue weighted by molar-refractivity contribution is 0.273. The molecule has 2 unspecified atom stereocenters. The van der Waals surface area contributed by atoms with Crippen molar-refractivity contribution in [3.05, 3.63) is 15.5 Å². The molecule has 0 bridgehead atoms. The summed E-state index contributed by atoms with van der Waals surface area (Å²) in [7, 11) is 4.17. The Hall–Kier alpha value is -0.160. The van der Waals surface area contributed by atoms with Crippen LogP contribution in [-0.4, -0.2) is 37.1 Å². The number of rotatable bonds is 3. The zero-order valence-electron chi connectivity index (χ0n) is 9.03. The van der Waals surface area contributed by atoms with Crippen LogP contribution >= 0.6 is 22.9 Å². The molecule has 1 N–H and O–H groups in total. The molecule has 1 aromatic heterocycles. The molecular weight excluding hydrogens is 230 g/mol. The van der Waals surface area contributed by atoms with Gasteiger partial charge >= 0.3 is 0 Å². The predicted octanol–water partition coefficient (Wildman–Crippen LogP) is 2.01. The molecule has 1 aliphatic rings. The van der Waals surface area contributed by atoms with Gasteiger partial charge in [-0.05, 0) is 39.5 Å². The number of nitrogens with zero attached hydrogens (tertiary/aromatic N) is 2. The summed E-state index contributed by atoms with van der Waals surface area (Å²) in [6, 6.07) is 0.440. The summed E-state index contributed by atoms with van der Waals surface area (Å²) in [6.07, 6.45) is 2.99. The highest BCUT2D eigenvalue weighted by molar-refractivity contribution is 7.15. The number of hydrogen-bond acceptors (Lipinski definition) is 4. The lowest BCUT2D eigenvalue weighted by Crippen LogP contribution is -2.26. The fourth-order valence-corrected chi connectivity index (χ4v) is 3.49. The largest absolute Gasteiger partial charge is 0.319 e. The quantitative estimate of drug-likeness (QED) is 0.883. The van der Waals surface area contributed by atoms with E-state index in [0.29, 0.717) is 12.0 Å². The standard InChI is InChI=1S/C10H16ClN3S/c1-12-5-7-3-4-14(2)9(7)10-13-6-8(11)15-10/h6-7,9,12H,3-5H2,1-2H3. The number of likely N-dealkylation sites (tertiary alicyclic amines) is 1. The van der Waals surface area contributed by atoms with Crippen molar-refractivity contribution in [3.8, 4) is 0 Å². The van der Waals surface area contributed by atoms with Gasteiger partial charge < -0.3 is 5.32 Å². The minimum Gasteiger partial charge on any atom is -0.319 e. The van der Waals surface area contributed by atoms with Gasteiger partial charge in [0.15, 0.2) is 0 Å². The van der Waals surface area contributed by atoms with Crippen LogP contribution in [0.3, 0.4) is 0 Å². The Morgan fingerprint density at radius 2 is 2.53 bits per heavy atom. The highest BCUT2D eigenvalue weighted by Crippen LogP contribution is 2.38. The molecule has 1 fully saturated rings. The van der Waals surface area contributed by atoms with Crippen molar-refractivity contribution in [1.82, 2.24) is 15.2 Å². The molecule has 2 heterocycles. The third-order valence-electron chi connectivity index (χ3n) is 2.99. The summed E-state index contributed by atoms with van der Waals surface area (Å²) in [6.45, 7) is 2.19. The van der Waals surface area contributed by atoms with E-state index in [1.54, 1.807) is 17.5 Å². The highest BCUT2D eigenvalue weighted by atomic mass is 35.5. The molecule has 0 amide bonds. The van der Waals surface area contributed by atoms with Gasteiger partial charge in [-0.3, -0.25) is 4.90 Å². The van der Waals surface area contributed by atoms with E-state index in [0.717, 1.165) is 22.4 Å². The van der Waals surface area contributed by atoms with E-state index >= 15 is 0 Å². The number of hydrogen-bond donors (Lipinski definition) is 1. The Balaban J connectivity index is 2.17. The first-order valence-electron chi connectivity index (χ1n) is 5.18. The third kappa shape index (κ3) is 2.33. The first kappa shape index (κ1) is 11.3. The van der Waals surface area contributed by atoms with Gasteiger partial charge in [-0.25, -0.2) is 4.98 Å². The molecule has 84 valence electrons. The van der Waals surface area contributed by atoms with Crippen LogP contribution in [0.25, 0.3) is 0 Å². The van der Waals surface area contributed by atoms with Crippen molar-refractivity contribution >= 4 is 22.9 Å². The van der Waals surface area contributed by atoms with E-state index < -0.39 is 0 Å². The summed E-state index contributed by atoms with van der Waals surface area (Å²) < 4.78 is 0.786. The first-order valence-corrected chi connectivity index (χ1v) is 6.38. The van der Waals surface area contributed by atoms with Crippen molar-refractivity contribution < 1.29 is 0 Å². The number of aromatic nitrogens is 1. The molecule has 0 spiro atoms. The Kier molecular flexibility index (Phi) is 3.61. The van der Waals surface area contributed by atoms with E-state index in [1.165, 1.54) is 6.42 Å². The summed E-state index contributed by atoms with van der Waals surface area (Å²) >= 11 is 7.54. The van der Waals surface area contributed by atoms with Crippen LogP contribution in [0.4, 0.5) is 0 Å². The molecule has 5 heteroatoms. The van der Waals surface area contributed by atoms with Crippen molar-refractivity contribution in [2.24, 2.45) is 5.92 Å². The maximum atomic E-state index is 5.93. The van der Waals surface area contributed by atoms with Crippen LogP contribution in [0.15, 0.2) is 6.20 Å². The normalized spacial score (nSPS) is 27.4. The number of thiazole rings is 1. The van der Waals surface area contributed by atoms with Crippen LogP contribution in [0.2, 0.25) is 4.34 Å². The van der Waals surface area contributed by atoms with Gasteiger partial charge in [-0.2, -0.15) is 0 Å². The van der Waals surface area contributed by atoms with Crippen molar-refractivity contribution in [2.75, 3.05) is 27.2 Å². The average Bonchev–Trinajstić information content (AvgIpc) is 2.74. The van der Waals surface area contributed by atoms with Crippen LogP contribution in [0, 0.1) is 5.92 Å².